The molecule has 6 N–H and O–H groups in total. The quantitative estimate of drug-likeness (QED) is 0.0656. The van der Waals surface area contributed by atoms with Gasteiger partial charge in [-0.3, -0.25) is 48.3 Å². The van der Waals surface area contributed by atoms with Crippen LogP contribution in [0.1, 0.15) is 19.3 Å². The number of amides is 4. The molecular weight excluding hydrogens is 626 g/mol. The lowest BCUT2D eigenvalue weighted by atomic mass is 10.1. The molecule has 0 aromatic carbocycles. The Morgan fingerprint density at radius 2 is 1.15 bits per heavy atom. The fourth-order valence-electron chi connectivity index (χ4n) is 4.71. The van der Waals surface area contributed by atoms with Crippen LogP contribution in [0.4, 0.5) is 0 Å². The molecule has 4 amide bonds. The Morgan fingerprint density at radius 3 is 1.64 bits per heavy atom. The fraction of sp³-hybridized carbons (Fsp3) is 0.571. The molecule has 47 heavy (non-hydrogen) atoms. The Labute approximate surface area is 270 Å². The molecule has 0 spiro atoms. The molecule has 2 heterocycles. The normalized spacial score (nSPS) is 17.8. The number of unbranched alkanes of at least 4 members (excludes halogenated alkanes) is 1. The van der Waals surface area contributed by atoms with Crippen LogP contribution in [0, 0.1) is 0 Å². The predicted molar refractivity (Wildman–Crippen MR) is 160 cm³/mol. The minimum Gasteiger partial charge on any atom is -0.480 e. The summed E-state index contributed by atoms with van der Waals surface area (Å²) in [6, 6.07) is -1.27. The first-order chi connectivity index (χ1) is 22.2. The van der Waals surface area contributed by atoms with Crippen molar-refractivity contribution in [1.82, 2.24) is 35.1 Å². The molecule has 0 aromatic rings. The Hall–Kier alpha value is -5.04. The molecule has 2 aliphatic heterocycles. The number of aliphatic carboxylic acids is 4. The molecule has 260 valence electrons. The summed E-state index contributed by atoms with van der Waals surface area (Å²) >= 11 is 0. The highest BCUT2D eigenvalue weighted by atomic mass is 16.4. The monoisotopic (exact) mass is 667 g/mol. The van der Waals surface area contributed by atoms with E-state index in [9.17, 15) is 58.8 Å². The van der Waals surface area contributed by atoms with Crippen LogP contribution in [0.5, 0.6) is 0 Å². The van der Waals surface area contributed by atoms with Crippen molar-refractivity contribution >= 4 is 47.5 Å². The number of rotatable bonds is 17. The zero-order chi connectivity index (χ0) is 34.9. The minimum atomic E-state index is -1.30. The van der Waals surface area contributed by atoms with Gasteiger partial charge in [-0.05, 0) is 19.3 Å². The van der Waals surface area contributed by atoms with Crippen molar-refractivity contribution in [3.63, 3.8) is 0 Å². The first kappa shape index (κ1) is 38.1. The van der Waals surface area contributed by atoms with Gasteiger partial charge >= 0.3 is 23.9 Å². The van der Waals surface area contributed by atoms with Gasteiger partial charge in [-0.25, -0.2) is 4.79 Å². The lowest BCUT2D eigenvalue weighted by Gasteiger charge is -2.31. The number of hydrogen-bond donors (Lipinski definition) is 6. The van der Waals surface area contributed by atoms with Gasteiger partial charge in [-0.15, -0.1) is 0 Å². The SMILES string of the molecule is O=C(O)CN1/C=C\N(CC(=O)NCC(=O)N[C@@H](CCCCN2C(=O)C=CC2=O)C(=O)O)CCN(CC(=O)O)CCN(CC(=O)O)CC1. The number of carboxylic acid groups (broad SMARTS) is 4. The highest BCUT2D eigenvalue weighted by molar-refractivity contribution is 6.12. The third-order valence-corrected chi connectivity index (χ3v) is 7.13. The van der Waals surface area contributed by atoms with E-state index in [0.717, 1.165) is 17.1 Å². The maximum absolute atomic E-state index is 12.7. The number of nitrogens with one attached hydrogen (secondary N) is 2. The van der Waals surface area contributed by atoms with Crippen molar-refractivity contribution in [2.45, 2.75) is 25.3 Å². The summed E-state index contributed by atoms with van der Waals surface area (Å²) in [5, 5.41) is 42.1. The van der Waals surface area contributed by atoms with Crippen molar-refractivity contribution in [3.8, 4) is 0 Å². The molecule has 0 aliphatic carbocycles. The Bertz CT molecular complexity index is 1220. The molecule has 0 aromatic heterocycles. The number of carbonyl (C=O) groups excluding carboxylic acids is 4. The molecule has 0 bridgehead atoms. The Balaban J connectivity index is 1.96. The standard InChI is InChI=1S/C28H41N7O12/c36-21(30-20(28(46)47)3-1-2-6-35-23(38)4-5-24(35)39)15-29-22(37)16-31-7-9-32(17-25(40)41)11-13-34(19-27(44)45)14-12-33(10-8-31)18-26(42)43/h4-5,7,9,20H,1-3,6,8,10-19H2,(H,29,37)(H,30,36)(H,40,41)(H,42,43)(H,44,45)(H,46,47)/b9-7-/t20-/m0/s1. The van der Waals surface area contributed by atoms with Crippen LogP contribution in [0.3, 0.4) is 0 Å². The third-order valence-electron chi connectivity index (χ3n) is 7.13. The lowest BCUT2D eigenvalue weighted by molar-refractivity contribution is -0.142. The van der Waals surface area contributed by atoms with Crippen LogP contribution in [0.25, 0.3) is 0 Å². The summed E-state index contributed by atoms with van der Waals surface area (Å²) in [6.07, 6.45) is 5.81. The predicted octanol–water partition coefficient (Wildman–Crippen LogP) is -3.29. The average Bonchev–Trinajstić information content (AvgIpc) is 3.30. The molecule has 2 rings (SSSR count). The van der Waals surface area contributed by atoms with Crippen molar-refractivity contribution in [3.05, 3.63) is 24.6 Å². The molecule has 1 atom stereocenters. The smallest absolute Gasteiger partial charge is 0.326 e. The summed E-state index contributed by atoms with van der Waals surface area (Å²) in [4.78, 5) is 101. The first-order valence-corrected chi connectivity index (χ1v) is 14.8. The van der Waals surface area contributed by atoms with Crippen LogP contribution < -0.4 is 10.6 Å². The molecule has 19 nitrogen and oxygen atoms in total. The van der Waals surface area contributed by atoms with Crippen molar-refractivity contribution in [2.75, 3.05) is 78.5 Å². The van der Waals surface area contributed by atoms with E-state index < -0.39 is 66.6 Å². The van der Waals surface area contributed by atoms with E-state index in [1.54, 1.807) is 9.80 Å². The van der Waals surface area contributed by atoms with Crippen molar-refractivity contribution < 1.29 is 58.8 Å². The van der Waals surface area contributed by atoms with E-state index >= 15 is 0 Å². The van der Waals surface area contributed by atoms with Gasteiger partial charge in [0.25, 0.3) is 11.8 Å². The first-order valence-electron chi connectivity index (χ1n) is 14.8. The maximum Gasteiger partial charge on any atom is 0.326 e. The molecule has 0 radical (unpaired) electrons. The van der Waals surface area contributed by atoms with E-state index in [4.69, 9.17) is 0 Å². The summed E-state index contributed by atoms with van der Waals surface area (Å²) in [5.74, 6) is -6.91. The molecule has 2 aliphatic rings. The summed E-state index contributed by atoms with van der Waals surface area (Å²) in [5.41, 5.74) is 0. The van der Waals surface area contributed by atoms with Crippen LogP contribution in [-0.4, -0.2) is 177 Å². The Kier molecular flexibility index (Phi) is 15.8. The van der Waals surface area contributed by atoms with Gasteiger partial charge in [0.1, 0.15) is 12.6 Å². The second kappa shape index (κ2) is 19.5. The van der Waals surface area contributed by atoms with Gasteiger partial charge in [-0.1, -0.05) is 0 Å². The Morgan fingerprint density at radius 1 is 0.660 bits per heavy atom. The van der Waals surface area contributed by atoms with E-state index in [1.165, 1.54) is 22.2 Å². The average molecular weight is 668 g/mol. The van der Waals surface area contributed by atoms with E-state index in [0.29, 0.717) is 6.42 Å². The van der Waals surface area contributed by atoms with Crippen molar-refractivity contribution in [1.29, 1.82) is 0 Å². The van der Waals surface area contributed by atoms with E-state index in [1.807, 2.05) is 0 Å². The number of carbonyl (C=O) groups is 8. The molecule has 0 unspecified atom stereocenters. The highest BCUT2D eigenvalue weighted by Gasteiger charge is 2.24. The minimum absolute atomic E-state index is 0.0188. The number of carboxylic acids is 4. The maximum atomic E-state index is 12.7. The number of nitrogens with zero attached hydrogens (tertiary/aromatic N) is 5. The van der Waals surface area contributed by atoms with Gasteiger partial charge in [0, 0.05) is 70.4 Å². The molecule has 0 saturated heterocycles. The van der Waals surface area contributed by atoms with Crippen LogP contribution >= 0.6 is 0 Å². The van der Waals surface area contributed by atoms with E-state index in [-0.39, 0.29) is 78.3 Å². The lowest BCUT2D eigenvalue weighted by Crippen LogP contribution is -2.48. The van der Waals surface area contributed by atoms with Gasteiger partial charge in [0.15, 0.2) is 0 Å². The van der Waals surface area contributed by atoms with Gasteiger partial charge in [0.05, 0.1) is 26.2 Å². The van der Waals surface area contributed by atoms with Crippen molar-refractivity contribution in [2.24, 2.45) is 0 Å². The highest BCUT2D eigenvalue weighted by Crippen LogP contribution is 2.08. The van der Waals surface area contributed by atoms with Crippen LogP contribution in [0.2, 0.25) is 0 Å². The van der Waals surface area contributed by atoms with Crippen LogP contribution in [0.15, 0.2) is 24.6 Å². The van der Waals surface area contributed by atoms with Gasteiger partial charge in [-0.2, -0.15) is 0 Å². The topological polar surface area (TPSA) is 258 Å². The number of hydrogen-bond acceptors (Lipinski definition) is 12. The second-order valence-electron chi connectivity index (χ2n) is 10.9. The molecule has 19 heteroatoms. The summed E-state index contributed by atoms with van der Waals surface area (Å²) in [6.45, 7) is -0.830. The summed E-state index contributed by atoms with van der Waals surface area (Å²) < 4.78 is 0. The van der Waals surface area contributed by atoms with Crippen LogP contribution in [-0.2, 0) is 38.4 Å². The second-order valence-corrected chi connectivity index (χ2v) is 10.9. The summed E-state index contributed by atoms with van der Waals surface area (Å²) in [7, 11) is 0. The fourth-order valence-corrected chi connectivity index (χ4v) is 4.71. The largest absolute Gasteiger partial charge is 0.480 e. The molecule has 0 saturated carbocycles. The van der Waals surface area contributed by atoms with Gasteiger partial charge in [0.2, 0.25) is 11.8 Å². The van der Waals surface area contributed by atoms with E-state index in [2.05, 4.69) is 10.6 Å². The van der Waals surface area contributed by atoms with Gasteiger partial charge < -0.3 is 40.9 Å². The zero-order valence-electron chi connectivity index (χ0n) is 25.8. The zero-order valence-corrected chi connectivity index (χ0v) is 25.8. The third kappa shape index (κ3) is 15.2. The number of imide groups is 1. The molecular formula is C28H41N7O12. The molecule has 0 fully saturated rings.